The van der Waals surface area contributed by atoms with Crippen molar-refractivity contribution in [2.24, 2.45) is 0 Å². The number of ether oxygens (including phenoxy) is 1. The van der Waals surface area contributed by atoms with Gasteiger partial charge < -0.3 is 10.1 Å². The smallest absolute Gasteiger partial charge is 0.341 e. The third kappa shape index (κ3) is 6.70. The zero-order valence-electron chi connectivity index (χ0n) is 16.0. The van der Waals surface area contributed by atoms with Crippen LogP contribution in [-0.2, 0) is 9.53 Å². The highest BCUT2D eigenvalue weighted by molar-refractivity contribution is 7.99. The second-order valence-corrected chi connectivity index (χ2v) is 7.24. The van der Waals surface area contributed by atoms with Crippen molar-refractivity contribution in [2.45, 2.75) is 43.2 Å². The molecule has 0 saturated carbocycles. The number of nitrogens with zero attached hydrogens (tertiary/aromatic N) is 1. The lowest BCUT2D eigenvalue weighted by molar-refractivity contribution is -0.123. The highest BCUT2D eigenvalue weighted by atomic mass is 32.2. The van der Waals surface area contributed by atoms with Crippen LogP contribution in [0, 0.1) is 6.92 Å². The standard InChI is InChI=1S/C20H23N3O4S/c1-4-14(3)22-20(26)23-17(24)12-27-19(25)16-6-5-11-21-18(16)28-15-9-7-13(2)8-10-15/h5-11,14H,4,12H2,1-3H3,(H2,22,23,24,26)/t14-/m1/s1. The number of amides is 3. The summed E-state index contributed by atoms with van der Waals surface area (Å²) < 4.78 is 5.04. The van der Waals surface area contributed by atoms with E-state index in [4.69, 9.17) is 4.74 Å². The molecular weight excluding hydrogens is 378 g/mol. The Balaban J connectivity index is 1.94. The van der Waals surface area contributed by atoms with Crippen molar-refractivity contribution < 1.29 is 19.1 Å². The minimum Gasteiger partial charge on any atom is -0.452 e. The van der Waals surface area contributed by atoms with Crippen LogP contribution < -0.4 is 10.6 Å². The first-order valence-electron chi connectivity index (χ1n) is 8.86. The zero-order chi connectivity index (χ0) is 20.5. The van der Waals surface area contributed by atoms with Gasteiger partial charge in [0.25, 0.3) is 5.91 Å². The van der Waals surface area contributed by atoms with Gasteiger partial charge in [-0.3, -0.25) is 10.1 Å². The highest BCUT2D eigenvalue weighted by Gasteiger charge is 2.17. The van der Waals surface area contributed by atoms with E-state index in [-0.39, 0.29) is 11.6 Å². The summed E-state index contributed by atoms with van der Waals surface area (Å²) in [5, 5.41) is 5.20. The molecule has 1 atom stereocenters. The lowest BCUT2D eigenvalue weighted by Gasteiger charge is -2.12. The quantitative estimate of drug-likeness (QED) is 0.691. The van der Waals surface area contributed by atoms with Gasteiger partial charge in [0, 0.05) is 17.1 Å². The lowest BCUT2D eigenvalue weighted by atomic mass is 10.2. The Labute approximate surface area is 168 Å². The molecule has 1 aromatic heterocycles. The molecule has 1 heterocycles. The summed E-state index contributed by atoms with van der Waals surface area (Å²) in [6, 6.07) is 10.3. The topological polar surface area (TPSA) is 97.4 Å². The van der Waals surface area contributed by atoms with E-state index in [0.717, 1.165) is 16.9 Å². The summed E-state index contributed by atoms with van der Waals surface area (Å²) in [6.45, 7) is 5.16. The number of aryl methyl sites for hydroxylation is 1. The van der Waals surface area contributed by atoms with Gasteiger partial charge in [0.2, 0.25) is 0 Å². The minimum absolute atomic E-state index is 0.0629. The Morgan fingerprint density at radius 1 is 1.18 bits per heavy atom. The van der Waals surface area contributed by atoms with Crippen LogP contribution in [0.5, 0.6) is 0 Å². The van der Waals surface area contributed by atoms with E-state index in [1.165, 1.54) is 11.8 Å². The molecule has 1 aromatic carbocycles. The molecule has 0 spiro atoms. The molecule has 2 aromatic rings. The van der Waals surface area contributed by atoms with Crippen LogP contribution in [0.2, 0.25) is 0 Å². The Hall–Kier alpha value is -2.87. The molecule has 0 fully saturated rings. The SMILES string of the molecule is CC[C@@H](C)NC(=O)NC(=O)COC(=O)c1cccnc1Sc1ccc(C)cc1. The number of hydrogen-bond acceptors (Lipinski definition) is 6. The third-order valence-corrected chi connectivity index (χ3v) is 4.83. The summed E-state index contributed by atoms with van der Waals surface area (Å²) >= 11 is 1.33. The molecule has 2 rings (SSSR count). The summed E-state index contributed by atoms with van der Waals surface area (Å²) in [7, 11) is 0. The molecule has 0 aliphatic carbocycles. The van der Waals surface area contributed by atoms with Crippen LogP contribution in [0.4, 0.5) is 4.79 Å². The van der Waals surface area contributed by atoms with Gasteiger partial charge in [-0.15, -0.1) is 0 Å². The third-order valence-electron chi connectivity index (χ3n) is 3.80. The van der Waals surface area contributed by atoms with Crippen LogP contribution in [0.3, 0.4) is 0 Å². The van der Waals surface area contributed by atoms with E-state index in [1.807, 2.05) is 45.0 Å². The number of benzene rings is 1. The molecule has 0 bridgehead atoms. The first-order valence-corrected chi connectivity index (χ1v) is 9.67. The summed E-state index contributed by atoms with van der Waals surface area (Å²) in [5.74, 6) is -1.38. The number of hydrogen-bond donors (Lipinski definition) is 2. The largest absolute Gasteiger partial charge is 0.452 e. The van der Waals surface area contributed by atoms with E-state index in [0.29, 0.717) is 5.03 Å². The van der Waals surface area contributed by atoms with Crippen LogP contribution in [0.1, 0.15) is 36.2 Å². The average molecular weight is 401 g/mol. The fourth-order valence-corrected chi connectivity index (χ4v) is 2.95. The van der Waals surface area contributed by atoms with Crippen molar-refractivity contribution in [2.75, 3.05) is 6.61 Å². The number of carbonyl (C=O) groups is 3. The number of esters is 1. The zero-order valence-corrected chi connectivity index (χ0v) is 16.8. The Kier molecular flexibility index (Phi) is 8.01. The molecule has 0 aliphatic heterocycles. The molecule has 0 aliphatic rings. The fourth-order valence-electron chi connectivity index (χ4n) is 2.08. The number of imide groups is 1. The van der Waals surface area contributed by atoms with Crippen molar-refractivity contribution in [3.8, 4) is 0 Å². The number of urea groups is 1. The molecule has 3 amide bonds. The van der Waals surface area contributed by atoms with Crippen molar-refractivity contribution in [3.63, 3.8) is 0 Å². The van der Waals surface area contributed by atoms with Gasteiger partial charge >= 0.3 is 12.0 Å². The second-order valence-electron chi connectivity index (χ2n) is 6.18. The molecule has 0 radical (unpaired) electrons. The van der Waals surface area contributed by atoms with Crippen molar-refractivity contribution in [1.82, 2.24) is 15.6 Å². The van der Waals surface area contributed by atoms with E-state index in [1.54, 1.807) is 18.3 Å². The first kappa shape index (κ1) is 21.4. The van der Waals surface area contributed by atoms with Crippen molar-refractivity contribution in [1.29, 1.82) is 0 Å². The van der Waals surface area contributed by atoms with E-state index >= 15 is 0 Å². The average Bonchev–Trinajstić information content (AvgIpc) is 2.68. The Morgan fingerprint density at radius 3 is 2.57 bits per heavy atom. The normalized spacial score (nSPS) is 11.4. The monoisotopic (exact) mass is 401 g/mol. The molecule has 148 valence electrons. The highest BCUT2D eigenvalue weighted by Crippen LogP contribution is 2.29. The van der Waals surface area contributed by atoms with Gasteiger partial charge in [-0.2, -0.15) is 0 Å². The Bertz CT molecular complexity index is 840. The maximum Gasteiger partial charge on any atom is 0.341 e. The van der Waals surface area contributed by atoms with Crippen LogP contribution >= 0.6 is 11.8 Å². The Morgan fingerprint density at radius 2 is 1.89 bits per heavy atom. The predicted octanol–water partition coefficient (Wildman–Crippen LogP) is 3.32. The van der Waals surface area contributed by atoms with Crippen molar-refractivity contribution in [3.05, 3.63) is 53.7 Å². The molecule has 0 saturated heterocycles. The molecular formula is C20H23N3O4S. The van der Waals surface area contributed by atoms with Crippen LogP contribution in [-0.4, -0.2) is 35.5 Å². The fraction of sp³-hybridized carbons (Fsp3) is 0.300. The predicted molar refractivity (Wildman–Crippen MR) is 106 cm³/mol. The minimum atomic E-state index is -0.703. The molecule has 7 nitrogen and oxygen atoms in total. The number of aromatic nitrogens is 1. The van der Waals surface area contributed by atoms with Crippen molar-refractivity contribution >= 4 is 29.7 Å². The van der Waals surface area contributed by atoms with Gasteiger partial charge in [0.1, 0.15) is 5.03 Å². The van der Waals surface area contributed by atoms with Gasteiger partial charge in [-0.05, 0) is 44.5 Å². The molecule has 2 N–H and O–H groups in total. The van der Waals surface area contributed by atoms with Gasteiger partial charge in [0.15, 0.2) is 6.61 Å². The van der Waals surface area contributed by atoms with Gasteiger partial charge in [-0.25, -0.2) is 14.6 Å². The summed E-state index contributed by atoms with van der Waals surface area (Å²) in [6.07, 6.45) is 2.32. The van der Waals surface area contributed by atoms with E-state index in [2.05, 4.69) is 15.6 Å². The number of carbonyl (C=O) groups excluding carboxylic acids is 3. The molecule has 28 heavy (non-hydrogen) atoms. The second kappa shape index (κ2) is 10.5. The first-order chi connectivity index (χ1) is 13.4. The summed E-state index contributed by atoms with van der Waals surface area (Å²) in [5.41, 5.74) is 1.39. The molecule has 0 unspecified atom stereocenters. The van der Waals surface area contributed by atoms with E-state index in [9.17, 15) is 14.4 Å². The molecule has 8 heteroatoms. The van der Waals surface area contributed by atoms with Gasteiger partial charge in [-0.1, -0.05) is 36.4 Å². The maximum absolute atomic E-state index is 12.4. The number of nitrogens with one attached hydrogen (secondary N) is 2. The van der Waals surface area contributed by atoms with Crippen LogP contribution in [0.25, 0.3) is 0 Å². The lowest BCUT2D eigenvalue weighted by Crippen LogP contribution is -2.44. The van der Waals surface area contributed by atoms with Crippen LogP contribution in [0.15, 0.2) is 52.5 Å². The van der Waals surface area contributed by atoms with Gasteiger partial charge in [0.05, 0.1) is 5.56 Å². The van der Waals surface area contributed by atoms with E-state index < -0.39 is 24.5 Å². The maximum atomic E-state index is 12.4. The number of pyridine rings is 1. The summed E-state index contributed by atoms with van der Waals surface area (Å²) in [4.78, 5) is 40.9. The number of rotatable bonds is 7.